The lowest BCUT2D eigenvalue weighted by molar-refractivity contribution is 0.0130. The number of aryl methyl sites for hydroxylation is 2. The van der Waals surface area contributed by atoms with Crippen LogP contribution in [0.3, 0.4) is 0 Å². The Hall–Kier alpha value is -3.22. The lowest BCUT2D eigenvalue weighted by Crippen LogP contribution is -2.31. The molecule has 6 heteroatoms. The minimum Gasteiger partial charge on any atom is -0.449 e. The number of carbonyl (C=O) groups excluding carboxylic acids is 1. The first-order valence-electron chi connectivity index (χ1n) is 10.8. The minimum atomic E-state index is -1.06. The van der Waals surface area contributed by atoms with Crippen LogP contribution in [0, 0.1) is 13.8 Å². The zero-order chi connectivity index (χ0) is 22.7. The number of hydrogen-bond acceptors (Lipinski definition) is 5. The Labute approximate surface area is 187 Å². The molecular weight excluding hydrogens is 404 g/mol. The van der Waals surface area contributed by atoms with Crippen molar-refractivity contribution in [3.63, 3.8) is 0 Å². The summed E-state index contributed by atoms with van der Waals surface area (Å²) >= 11 is 0. The van der Waals surface area contributed by atoms with E-state index in [9.17, 15) is 15.0 Å². The van der Waals surface area contributed by atoms with E-state index in [0.29, 0.717) is 11.3 Å². The molecule has 32 heavy (non-hydrogen) atoms. The van der Waals surface area contributed by atoms with Gasteiger partial charge in [0, 0.05) is 29.4 Å². The third-order valence-corrected chi connectivity index (χ3v) is 6.00. The third kappa shape index (κ3) is 4.52. The van der Waals surface area contributed by atoms with Gasteiger partial charge in [-0.05, 0) is 48.6 Å². The van der Waals surface area contributed by atoms with E-state index in [1.54, 1.807) is 19.1 Å². The van der Waals surface area contributed by atoms with Gasteiger partial charge < -0.3 is 20.3 Å². The molecule has 3 aromatic rings. The van der Waals surface area contributed by atoms with E-state index in [2.05, 4.69) is 34.6 Å². The summed E-state index contributed by atoms with van der Waals surface area (Å²) in [6, 6.07) is 19.9. The van der Waals surface area contributed by atoms with Gasteiger partial charge >= 0.3 is 6.09 Å². The average molecular weight is 433 g/mol. The molecule has 0 fully saturated rings. The van der Waals surface area contributed by atoms with Crippen molar-refractivity contribution in [1.82, 2.24) is 10.3 Å². The first kappa shape index (κ1) is 22.0. The molecule has 6 nitrogen and oxygen atoms in total. The molecule has 1 aliphatic carbocycles. The normalized spacial score (nSPS) is 14.4. The molecule has 1 heterocycles. The van der Waals surface area contributed by atoms with E-state index in [1.165, 1.54) is 11.1 Å². The predicted molar refractivity (Wildman–Crippen MR) is 122 cm³/mol. The number of aliphatic hydroxyl groups excluding tert-OH is 2. The second-order valence-electron chi connectivity index (χ2n) is 8.18. The summed E-state index contributed by atoms with van der Waals surface area (Å²) in [6.45, 7) is 4.09. The largest absolute Gasteiger partial charge is 0.449 e. The van der Waals surface area contributed by atoms with Crippen molar-refractivity contribution < 1.29 is 19.7 Å². The summed E-state index contributed by atoms with van der Waals surface area (Å²) in [6.07, 6.45) is -2.43. The number of aliphatic hydroxyl groups is 2. The van der Waals surface area contributed by atoms with E-state index in [4.69, 9.17) is 4.74 Å². The molecule has 0 bridgehead atoms. The van der Waals surface area contributed by atoms with Crippen LogP contribution < -0.4 is 5.32 Å². The fraction of sp³-hybridized carbons (Fsp3) is 0.308. The van der Waals surface area contributed by atoms with Crippen molar-refractivity contribution in [2.75, 3.05) is 13.2 Å². The van der Waals surface area contributed by atoms with E-state index in [0.717, 1.165) is 16.8 Å². The number of carbonyl (C=O) groups is 1. The summed E-state index contributed by atoms with van der Waals surface area (Å²) in [5.74, 6) is -0.00225. The monoisotopic (exact) mass is 432 g/mol. The lowest BCUT2D eigenvalue weighted by atomic mass is 9.98. The molecule has 3 N–H and O–H groups in total. The maximum Gasteiger partial charge on any atom is 0.407 e. The van der Waals surface area contributed by atoms with Gasteiger partial charge in [-0.3, -0.25) is 4.98 Å². The van der Waals surface area contributed by atoms with Crippen molar-refractivity contribution in [2.24, 2.45) is 0 Å². The van der Waals surface area contributed by atoms with E-state index >= 15 is 0 Å². The number of pyridine rings is 1. The molecule has 4 rings (SSSR count). The zero-order valence-corrected chi connectivity index (χ0v) is 18.3. The highest BCUT2D eigenvalue weighted by Crippen LogP contribution is 2.44. The Morgan fingerprint density at radius 1 is 1.00 bits per heavy atom. The molecule has 1 aromatic heterocycles. The Bertz CT molecular complexity index is 1070. The van der Waals surface area contributed by atoms with Crippen molar-refractivity contribution in [1.29, 1.82) is 0 Å². The van der Waals surface area contributed by atoms with Gasteiger partial charge in [0.2, 0.25) is 0 Å². The van der Waals surface area contributed by atoms with Crippen LogP contribution in [0.4, 0.5) is 4.79 Å². The van der Waals surface area contributed by atoms with Crippen molar-refractivity contribution in [3.8, 4) is 11.1 Å². The molecule has 1 amide bonds. The fourth-order valence-corrected chi connectivity index (χ4v) is 4.35. The van der Waals surface area contributed by atoms with Crippen LogP contribution in [0.1, 0.15) is 46.5 Å². The average Bonchev–Trinajstić information content (AvgIpc) is 3.11. The van der Waals surface area contributed by atoms with Gasteiger partial charge in [-0.1, -0.05) is 54.6 Å². The Balaban J connectivity index is 1.29. The minimum absolute atomic E-state index is 0.00225. The third-order valence-electron chi connectivity index (χ3n) is 6.00. The SMILES string of the molecule is Cc1ccc(C(O)C(O)CCNC(=O)OCC2c3ccccc3-c3ccccc32)c(C)n1. The second kappa shape index (κ2) is 9.51. The maximum atomic E-state index is 12.2. The van der Waals surface area contributed by atoms with Gasteiger partial charge in [0.25, 0.3) is 0 Å². The number of rotatable bonds is 7. The van der Waals surface area contributed by atoms with E-state index in [1.807, 2.05) is 31.2 Å². The van der Waals surface area contributed by atoms with Gasteiger partial charge in [-0.25, -0.2) is 4.79 Å². The molecule has 0 aliphatic heterocycles. The number of hydrogen-bond donors (Lipinski definition) is 3. The van der Waals surface area contributed by atoms with Gasteiger partial charge in [-0.2, -0.15) is 0 Å². The van der Waals surface area contributed by atoms with Gasteiger partial charge in [-0.15, -0.1) is 0 Å². The Morgan fingerprint density at radius 2 is 1.62 bits per heavy atom. The summed E-state index contributed by atoms with van der Waals surface area (Å²) in [5.41, 5.74) is 6.78. The first-order valence-corrected chi connectivity index (χ1v) is 10.8. The van der Waals surface area contributed by atoms with Gasteiger partial charge in [0.05, 0.1) is 6.10 Å². The van der Waals surface area contributed by atoms with Gasteiger partial charge in [0.15, 0.2) is 0 Å². The molecule has 2 aromatic carbocycles. The highest BCUT2D eigenvalue weighted by atomic mass is 16.5. The lowest BCUT2D eigenvalue weighted by Gasteiger charge is -2.20. The summed E-state index contributed by atoms with van der Waals surface area (Å²) in [7, 11) is 0. The fourth-order valence-electron chi connectivity index (χ4n) is 4.35. The number of benzene rings is 2. The number of ether oxygens (including phenoxy) is 1. The topological polar surface area (TPSA) is 91.7 Å². The molecule has 0 radical (unpaired) electrons. The van der Waals surface area contributed by atoms with Crippen LogP contribution in [-0.4, -0.2) is 40.5 Å². The summed E-state index contributed by atoms with van der Waals surface area (Å²) in [4.78, 5) is 16.6. The van der Waals surface area contributed by atoms with Gasteiger partial charge in [0.1, 0.15) is 12.7 Å². The number of nitrogens with zero attached hydrogens (tertiary/aromatic N) is 1. The maximum absolute atomic E-state index is 12.2. The quantitative estimate of drug-likeness (QED) is 0.525. The van der Waals surface area contributed by atoms with Crippen LogP contribution >= 0.6 is 0 Å². The number of amides is 1. The summed E-state index contributed by atoms with van der Waals surface area (Å²) < 4.78 is 5.49. The highest BCUT2D eigenvalue weighted by Gasteiger charge is 2.29. The van der Waals surface area contributed by atoms with Crippen LogP contribution in [0.2, 0.25) is 0 Å². The van der Waals surface area contributed by atoms with Crippen LogP contribution in [0.15, 0.2) is 60.7 Å². The van der Waals surface area contributed by atoms with Crippen molar-refractivity contribution in [3.05, 3.63) is 88.7 Å². The van der Waals surface area contributed by atoms with E-state index in [-0.39, 0.29) is 25.5 Å². The molecule has 2 atom stereocenters. The Kier molecular flexibility index (Phi) is 6.53. The highest BCUT2D eigenvalue weighted by molar-refractivity contribution is 5.79. The smallest absolute Gasteiger partial charge is 0.407 e. The molecule has 0 saturated carbocycles. The van der Waals surface area contributed by atoms with Crippen LogP contribution in [0.25, 0.3) is 11.1 Å². The van der Waals surface area contributed by atoms with E-state index < -0.39 is 18.3 Å². The molecule has 166 valence electrons. The zero-order valence-electron chi connectivity index (χ0n) is 18.3. The molecular formula is C26H28N2O4. The Morgan fingerprint density at radius 3 is 2.25 bits per heavy atom. The van der Waals surface area contributed by atoms with Crippen LogP contribution in [0.5, 0.6) is 0 Å². The second-order valence-corrected chi connectivity index (χ2v) is 8.18. The van der Waals surface area contributed by atoms with Crippen molar-refractivity contribution >= 4 is 6.09 Å². The molecule has 1 aliphatic rings. The first-order chi connectivity index (χ1) is 15.5. The molecule has 2 unspecified atom stereocenters. The number of nitrogens with one attached hydrogen (secondary N) is 1. The van der Waals surface area contributed by atoms with Crippen LogP contribution in [-0.2, 0) is 4.74 Å². The predicted octanol–water partition coefficient (Wildman–Crippen LogP) is 4.02. The molecule has 0 spiro atoms. The summed E-state index contributed by atoms with van der Waals surface area (Å²) in [5, 5.41) is 23.4. The molecule has 0 saturated heterocycles. The number of fused-ring (bicyclic) bond motifs is 3. The van der Waals surface area contributed by atoms with Crippen molar-refractivity contribution in [2.45, 2.75) is 38.4 Å². The standard InChI is InChI=1S/C26H28N2O4/c1-16-11-12-18(17(2)28-16)25(30)24(29)13-14-27-26(31)32-15-23-21-9-5-3-7-19(21)20-8-4-6-10-22(20)23/h3-12,23-25,29-30H,13-15H2,1-2H3,(H,27,31). The number of aromatic nitrogens is 1. The number of alkyl carbamates (subject to hydrolysis) is 1.